The monoisotopic (exact) mass is 271 g/mol. The van der Waals surface area contributed by atoms with Crippen LogP contribution in [0.1, 0.15) is 31.9 Å². The molecule has 1 heterocycles. The van der Waals surface area contributed by atoms with Gasteiger partial charge in [-0.25, -0.2) is 13.1 Å². The first kappa shape index (κ1) is 13.6. The van der Waals surface area contributed by atoms with E-state index < -0.39 is 10.0 Å². The van der Waals surface area contributed by atoms with Gasteiger partial charge in [0.1, 0.15) is 0 Å². The van der Waals surface area contributed by atoms with Crippen molar-refractivity contribution in [2.24, 2.45) is 5.92 Å². The summed E-state index contributed by atoms with van der Waals surface area (Å²) in [5, 5.41) is 2.98. The van der Waals surface area contributed by atoms with Crippen molar-refractivity contribution in [1.82, 2.24) is 15.0 Å². The van der Waals surface area contributed by atoms with Crippen molar-refractivity contribution in [3.8, 4) is 0 Å². The predicted octanol–water partition coefficient (Wildman–Crippen LogP) is 1.20. The van der Waals surface area contributed by atoms with E-state index in [1.54, 1.807) is 12.3 Å². The van der Waals surface area contributed by atoms with Crippen molar-refractivity contribution >= 4 is 10.0 Å². The zero-order valence-corrected chi connectivity index (χ0v) is 11.7. The molecule has 0 aromatic carbocycles. The molecule has 3 N–H and O–H groups in total. The molecule has 1 fully saturated rings. The van der Waals surface area contributed by atoms with Gasteiger partial charge in [0.25, 0.3) is 0 Å². The molecule has 1 aliphatic carbocycles. The average molecular weight is 271 g/mol. The van der Waals surface area contributed by atoms with Crippen LogP contribution in [-0.4, -0.2) is 26.5 Å². The van der Waals surface area contributed by atoms with Crippen molar-refractivity contribution in [2.75, 3.05) is 7.05 Å². The first-order valence-corrected chi connectivity index (χ1v) is 7.85. The third-order valence-electron chi connectivity index (χ3n) is 3.59. The van der Waals surface area contributed by atoms with E-state index in [4.69, 9.17) is 0 Å². The van der Waals surface area contributed by atoms with Gasteiger partial charge < -0.3 is 10.3 Å². The maximum absolute atomic E-state index is 12.2. The van der Waals surface area contributed by atoms with Crippen LogP contribution < -0.4 is 10.0 Å². The Morgan fingerprint density at radius 1 is 1.50 bits per heavy atom. The number of hydrogen-bond acceptors (Lipinski definition) is 3. The third-order valence-corrected chi connectivity index (χ3v) is 5.13. The molecule has 0 radical (unpaired) electrons. The zero-order valence-electron chi connectivity index (χ0n) is 10.9. The molecule has 2 rings (SSSR count). The van der Waals surface area contributed by atoms with Gasteiger partial charge >= 0.3 is 0 Å². The molecule has 0 saturated heterocycles. The Balaban J connectivity index is 2.04. The average Bonchev–Trinajstić information content (AvgIpc) is 2.63. The number of aromatic nitrogens is 1. The highest BCUT2D eigenvalue weighted by atomic mass is 32.2. The molecule has 1 saturated carbocycles. The van der Waals surface area contributed by atoms with Crippen LogP contribution >= 0.6 is 0 Å². The number of sulfonamides is 1. The molecule has 1 aromatic heterocycles. The fourth-order valence-corrected chi connectivity index (χ4v) is 3.54. The van der Waals surface area contributed by atoms with Crippen LogP contribution in [0.4, 0.5) is 0 Å². The van der Waals surface area contributed by atoms with E-state index in [0.29, 0.717) is 17.4 Å². The molecule has 0 amide bonds. The Hall–Kier alpha value is -0.850. The van der Waals surface area contributed by atoms with Crippen LogP contribution in [-0.2, 0) is 16.6 Å². The first-order chi connectivity index (χ1) is 8.53. The van der Waals surface area contributed by atoms with E-state index in [-0.39, 0.29) is 6.04 Å². The summed E-state index contributed by atoms with van der Waals surface area (Å²) in [6, 6.07) is 1.69. The minimum Gasteiger partial charge on any atom is -0.363 e. The van der Waals surface area contributed by atoms with E-state index in [1.165, 1.54) is 6.42 Å². The smallest absolute Gasteiger partial charge is 0.242 e. The second kappa shape index (κ2) is 5.42. The van der Waals surface area contributed by atoms with Crippen LogP contribution in [0.5, 0.6) is 0 Å². The van der Waals surface area contributed by atoms with Gasteiger partial charge in [-0.3, -0.25) is 0 Å². The molecule has 102 valence electrons. The topological polar surface area (TPSA) is 74.0 Å². The quantitative estimate of drug-likeness (QED) is 0.728. The molecule has 6 heteroatoms. The lowest BCUT2D eigenvalue weighted by atomic mass is 9.81. The standard InChI is InChI=1S/C12H21N3O2S/c1-9(10-4-3-5-10)15-18(16,17)12-6-11(7-13-2)14-8-12/h6,8-10,13-15H,3-5,7H2,1-2H3. The van der Waals surface area contributed by atoms with Gasteiger partial charge in [-0.1, -0.05) is 6.42 Å². The molecule has 1 unspecified atom stereocenters. The third kappa shape index (κ3) is 2.93. The zero-order chi connectivity index (χ0) is 13.2. The molecule has 5 nitrogen and oxygen atoms in total. The number of hydrogen-bond donors (Lipinski definition) is 3. The van der Waals surface area contributed by atoms with Gasteiger partial charge in [0, 0.05) is 24.5 Å². The minimum atomic E-state index is -3.39. The fourth-order valence-electron chi connectivity index (χ4n) is 2.22. The Kier molecular flexibility index (Phi) is 4.09. The number of nitrogens with one attached hydrogen (secondary N) is 3. The molecule has 1 aliphatic rings. The minimum absolute atomic E-state index is 0.0198. The van der Waals surface area contributed by atoms with Crippen molar-refractivity contribution in [3.63, 3.8) is 0 Å². The van der Waals surface area contributed by atoms with Gasteiger partial charge in [0.05, 0.1) is 4.90 Å². The van der Waals surface area contributed by atoms with Gasteiger partial charge in [0.15, 0.2) is 0 Å². The number of H-pyrrole nitrogens is 1. The molecule has 1 aromatic rings. The lowest BCUT2D eigenvalue weighted by molar-refractivity contribution is 0.260. The summed E-state index contributed by atoms with van der Waals surface area (Å²) in [5.41, 5.74) is 0.870. The maximum Gasteiger partial charge on any atom is 0.242 e. The summed E-state index contributed by atoms with van der Waals surface area (Å²) in [4.78, 5) is 3.28. The largest absolute Gasteiger partial charge is 0.363 e. The van der Waals surface area contributed by atoms with Crippen molar-refractivity contribution in [3.05, 3.63) is 18.0 Å². The summed E-state index contributed by atoms with van der Waals surface area (Å²) in [6.45, 7) is 2.58. The van der Waals surface area contributed by atoms with Crippen LogP contribution in [0.2, 0.25) is 0 Å². The highest BCUT2D eigenvalue weighted by Crippen LogP contribution is 2.30. The lowest BCUT2D eigenvalue weighted by Crippen LogP contribution is -2.40. The summed E-state index contributed by atoms with van der Waals surface area (Å²) in [6.07, 6.45) is 5.01. The fraction of sp³-hybridized carbons (Fsp3) is 0.667. The van der Waals surface area contributed by atoms with Crippen molar-refractivity contribution in [1.29, 1.82) is 0 Å². The van der Waals surface area contributed by atoms with E-state index in [1.807, 2.05) is 14.0 Å². The van der Waals surface area contributed by atoms with E-state index >= 15 is 0 Å². The first-order valence-electron chi connectivity index (χ1n) is 6.37. The second-order valence-electron chi connectivity index (χ2n) is 4.99. The van der Waals surface area contributed by atoms with Crippen LogP contribution in [0, 0.1) is 5.92 Å². The highest BCUT2D eigenvalue weighted by molar-refractivity contribution is 7.89. The van der Waals surface area contributed by atoms with Crippen LogP contribution in [0.15, 0.2) is 17.2 Å². The van der Waals surface area contributed by atoms with E-state index in [0.717, 1.165) is 18.5 Å². The Morgan fingerprint density at radius 3 is 2.78 bits per heavy atom. The molecule has 0 aliphatic heterocycles. The molecule has 0 spiro atoms. The SMILES string of the molecule is CNCc1cc(S(=O)(=O)NC(C)C2CCC2)c[nH]1. The van der Waals surface area contributed by atoms with Gasteiger partial charge in [-0.2, -0.15) is 0 Å². The summed E-state index contributed by atoms with van der Waals surface area (Å²) >= 11 is 0. The summed E-state index contributed by atoms with van der Waals surface area (Å²) in [7, 11) is -1.56. The molecule has 18 heavy (non-hydrogen) atoms. The van der Waals surface area contributed by atoms with Crippen molar-refractivity contribution < 1.29 is 8.42 Å². The van der Waals surface area contributed by atoms with Crippen molar-refractivity contribution in [2.45, 2.75) is 43.7 Å². The highest BCUT2D eigenvalue weighted by Gasteiger charge is 2.28. The normalized spacial score (nSPS) is 18.6. The number of aromatic amines is 1. The molecule has 1 atom stereocenters. The molecular weight excluding hydrogens is 250 g/mol. The molecule has 0 bridgehead atoms. The Bertz CT molecular complexity index is 491. The van der Waals surface area contributed by atoms with Crippen LogP contribution in [0.3, 0.4) is 0 Å². The lowest BCUT2D eigenvalue weighted by Gasteiger charge is -2.31. The summed E-state index contributed by atoms with van der Waals surface area (Å²) in [5.74, 6) is 0.496. The Morgan fingerprint density at radius 2 is 2.22 bits per heavy atom. The maximum atomic E-state index is 12.2. The van der Waals surface area contributed by atoms with E-state index in [2.05, 4.69) is 15.0 Å². The number of rotatable bonds is 6. The van der Waals surface area contributed by atoms with Gasteiger partial charge in [-0.05, 0) is 38.8 Å². The predicted molar refractivity (Wildman–Crippen MR) is 70.7 cm³/mol. The van der Waals surface area contributed by atoms with Gasteiger partial charge in [0.2, 0.25) is 10.0 Å². The van der Waals surface area contributed by atoms with E-state index in [9.17, 15) is 8.42 Å². The second-order valence-corrected chi connectivity index (χ2v) is 6.71. The van der Waals surface area contributed by atoms with Gasteiger partial charge in [-0.15, -0.1) is 0 Å². The summed E-state index contributed by atoms with van der Waals surface area (Å²) < 4.78 is 27.1. The molecular formula is C12H21N3O2S. The van der Waals surface area contributed by atoms with Crippen LogP contribution in [0.25, 0.3) is 0 Å². The Labute approximate surface area is 108 Å².